The van der Waals surface area contributed by atoms with E-state index >= 15 is 0 Å². The van der Waals surface area contributed by atoms with E-state index in [1.807, 2.05) is 0 Å². The molecule has 4 N–H and O–H groups in total. The van der Waals surface area contributed by atoms with E-state index in [4.69, 9.17) is 11.2 Å². The monoisotopic (exact) mass is 535 g/mol. The van der Waals surface area contributed by atoms with Crippen molar-refractivity contribution in [2.45, 2.75) is 82.0 Å². The Morgan fingerprint density at radius 2 is 2.03 bits per heavy atom. The Balaban J connectivity index is 1.54. The number of fused-ring (bicyclic) bond motifs is 13. The number of aryl methyl sites for hydroxylation is 1. The summed E-state index contributed by atoms with van der Waals surface area (Å²) in [5.41, 5.74) is 2.83. The molecule has 1 saturated carbocycles. The molecule has 0 radical (unpaired) electrons. The van der Waals surface area contributed by atoms with E-state index in [1.165, 1.54) is 17.2 Å². The lowest BCUT2D eigenvalue weighted by atomic mass is 9.98. The number of nitrogens with one attached hydrogen (secondary N) is 3. The van der Waals surface area contributed by atoms with Gasteiger partial charge < -0.3 is 25.8 Å². The van der Waals surface area contributed by atoms with Gasteiger partial charge in [0.1, 0.15) is 6.04 Å². The summed E-state index contributed by atoms with van der Waals surface area (Å²) in [5, 5.41) is 20.4. The minimum atomic E-state index is -0.985. The Hall–Kier alpha value is -3.41. The van der Waals surface area contributed by atoms with Crippen molar-refractivity contribution in [3.05, 3.63) is 65.0 Å². The van der Waals surface area contributed by atoms with Gasteiger partial charge in [0.15, 0.2) is 11.6 Å². The van der Waals surface area contributed by atoms with Crippen LogP contribution in [-0.2, 0) is 28.0 Å². The molecule has 3 aliphatic rings. The summed E-state index contributed by atoms with van der Waals surface area (Å²) in [6, 6.07) is 11.4. The van der Waals surface area contributed by atoms with Crippen molar-refractivity contribution in [2.75, 3.05) is 13.2 Å². The summed E-state index contributed by atoms with van der Waals surface area (Å²) in [5.74, 6) is 1.31. The first-order valence-corrected chi connectivity index (χ1v) is 13.8. The van der Waals surface area contributed by atoms with Crippen LogP contribution in [0.3, 0.4) is 0 Å². The highest BCUT2D eigenvalue weighted by Crippen LogP contribution is 2.45. The highest BCUT2D eigenvalue weighted by molar-refractivity contribution is 5.88. The predicted molar refractivity (Wildman–Crippen MR) is 148 cm³/mol. The first kappa shape index (κ1) is 28.6. The number of hydrogen-bond acceptors (Lipinski definition) is 5. The smallest absolute Gasteiger partial charge is 0.243 e. The second kappa shape index (κ2) is 13.1. The highest BCUT2D eigenvalue weighted by Gasteiger charge is 2.44. The van der Waals surface area contributed by atoms with Crippen LogP contribution in [0.5, 0.6) is 5.75 Å². The van der Waals surface area contributed by atoms with Crippen LogP contribution >= 0.6 is 0 Å². The summed E-state index contributed by atoms with van der Waals surface area (Å²) in [7, 11) is 0. The molecule has 7 nitrogen and oxygen atoms in total. The zero-order valence-electron chi connectivity index (χ0n) is 22.5. The van der Waals surface area contributed by atoms with Crippen molar-refractivity contribution < 1.29 is 23.8 Å². The molecule has 5 rings (SSSR count). The van der Waals surface area contributed by atoms with Crippen LogP contribution in [0.2, 0.25) is 0 Å². The number of amides is 2. The molecule has 2 aromatic carbocycles. The van der Waals surface area contributed by atoms with Crippen LogP contribution in [0, 0.1) is 18.2 Å². The normalized spacial score (nSPS) is 22.2. The van der Waals surface area contributed by atoms with Crippen LogP contribution in [0.15, 0.2) is 42.5 Å². The summed E-state index contributed by atoms with van der Waals surface area (Å²) in [4.78, 5) is 25.7. The Labute approximate surface area is 229 Å². The van der Waals surface area contributed by atoms with E-state index in [-0.39, 0.29) is 49.6 Å². The number of carbonyl (C=O) groups excluding carboxylic acids is 2. The van der Waals surface area contributed by atoms with Crippen molar-refractivity contribution >= 4 is 11.8 Å². The maximum absolute atomic E-state index is 14.8. The molecule has 1 fully saturated rings. The predicted octanol–water partition coefficient (Wildman–Crippen LogP) is 3.13. The molecule has 1 aliphatic carbocycles. The third-order valence-electron chi connectivity index (χ3n) is 7.56. The largest absolute Gasteiger partial charge is 0.491 e. The van der Waals surface area contributed by atoms with Crippen LogP contribution in [0.25, 0.3) is 0 Å². The van der Waals surface area contributed by atoms with Crippen molar-refractivity contribution in [1.29, 1.82) is 0 Å². The molecule has 2 heterocycles. The van der Waals surface area contributed by atoms with E-state index in [9.17, 15) is 19.1 Å². The van der Waals surface area contributed by atoms with Crippen LogP contribution in [-0.4, -0.2) is 48.3 Å². The molecular formula is C31H38FN3O4. The average Bonchev–Trinajstić information content (AvgIpc) is 3.72. The van der Waals surface area contributed by atoms with Crippen molar-refractivity contribution in [3.8, 4) is 18.1 Å². The summed E-state index contributed by atoms with van der Waals surface area (Å²) < 4.78 is 20.3. The Morgan fingerprint density at radius 1 is 1.21 bits per heavy atom. The number of halogens is 1. The molecule has 2 bridgehead atoms. The topological polar surface area (TPSA) is 99.7 Å². The molecule has 3 atom stereocenters. The van der Waals surface area contributed by atoms with Gasteiger partial charge >= 0.3 is 0 Å². The van der Waals surface area contributed by atoms with Gasteiger partial charge in [-0.25, -0.2) is 4.39 Å². The minimum absolute atomic E-state index is 0.0158. The number of benzene rings is 2. The van der Waals surface area contributed by atoms with E-state index < -0.39 is 29.9 Å². The average molecular weight is 536 g/mol. The van der Waals surface area contributed by atoms with Crippen molar-refractivity contribution in [2.24, 2.45) is 0 Å². The molecular weight excluding hydrogens is 497 g/mol. The number of carbonyl (C=O) groups is 2. The van der Waals surface area contributed by atoms with Crippen molar-refractivity contribution in [1.82, 2.24) is 16.0 Å². The SMILES string of the molecule is C#CCC1NC(=O)CCCCOc2ccc(cc2F)C[C@@H]([C@H](O)CNC2(c3cccc(CC)c3)CC2)NC1=O. The molecule has 8 heteroatoms. The van der Waals surface area contributed by atoms with E-state index in [0.29, 0.717) is 18.4 Å². The van der Waals surface area contributed by atoms with Gasteiger partial charge in [0.2, 0.25) is 11.8 Å². The highest BCUT2D eigenvalue weighted by atomic mass is 19.1. The van der Waals surface area contributed by atoms with Crippen molar-refractivity contribution in [3.63, 3.8) is 0 Å². The van der Waals surface area contributed by atoms with Gasteiger partial charge in [-0.15, -0.1) is 12.3 Å². The number of terminal acetylenes is 1. The third-order valence-corrected chi connectivity index (χ3v) is 7.56. The van der Waals surface area contributed by atoms with Gasteiger partial charge in [-0.3, -0.25) is 9.59 Å². The maximum atomic E-state index is 14.8. The van der Waals surface area contributed by atoms with Crippen LogP contribution in [0.4, 0.5) is 4.39 Å². The third kappa shape index (κ3) is 7.59. The maximum Gasteiger partial charge on any atom is 0.243 e. The van der Waals surface area contributed by atoms with Crippen LogP contribution < -0.4 is 20.7 Å². The lowest BCUT2D eigenvalue weighted by Crippen LogP contribution is -2.55. The zero-order valence-corrected chi connectivity index (χ0v) is 22.5. The van der Waals surface area contributed by atoms with Gasteiger partial charge in [0.25, 0.3) is 0 Å². The molecule has 39 heavy (non-hydrogen) atoms. The fourth-order valence-electron chi connectivity index (χ4n) is 5.00. The quantitative estimate of drug-likeness (QED) is 0.409. The number of hydrogen-bond donors (Lipinski definition) is 4. The fourth-order valence-corrected chi connectivity index (χ4v) is 5.00. The van der Waals surface area contributed by atoms with Gasteiger partial charge in [-0.1, -0.05) is 37.3 Å². The second-order valence-electron chi connectivity index (χ2n) is 10.5. The number of aliphatic hydroxyl groups is 1. The molecule has 0 aromatic heterocycles. The number of ether oxygens (including phenoxy) is 1. The van der Waals surface area contributed by atoms with Gasteiger partial charge in [-0.05, 0) is 67.3 Å². The zero-order chi connectivity index (χ0) is 27.8. The molecule has 0 spiro atoms. The molecule has 2 amide bonds. The van der Waals surface area contributed by atoms with E-state index in [1.54, 1.807) is 12.1 Å². The first-order chi connectivity index (χ1) is 18.8. The summed E-state index contributed by atoms with van der Waals surface area (Å²) in [6.07, 6.45) is 8.81. The molecule has 2 aliphatic heterocycles. The fraction of sp³-hybridized carbons (Fsp3) is 0.484. The number of rotatable bonds is 7. The number of aliphatic hydroxyl groups excluding tert-OH is 1. The van der Waals surface area contributed by atoms with Gasteiger partial charge in [0, 0.05) is 24.9 Å². The Kier molecular flexibility index (Phi) is 9.60. The molecule has 2 aromatic rings. The standard InChI is InChI=1S/C31H38FN3O4/c1-3-8-25-30(38)35-26(27(36)20-33-31(14-15-31)23-10-7-9-21(4-2)17-23)19-22-12-13-28(24(32)18-22)39-16-6-5-11-29(37)34-25/h1,7,9-10,12-13,17-18,25-27,33,36H,4-6,8,11,14-16,19-20H2,2H3,(H,34,37)(H,35,38)/t25?,26-,27+/m0/s1. The molecule has 208 valence electrons. The van der Waals surface area contributed by atoms with Crippen LogP contribution in [0.1, 0.15) is 62.1 Å². The second-order valence-corrected chi connectivity index (χ2v) is 10.5. The lowest BCUT2D eigenvalue weighted by molar-refractivity contribution is -0.129. The molecule has 1 unspecified atom stereocenters. The van der Waals surface area contributed by atoms with E-state index in [2.05, 4.69) is 53.1 Å². The van der Waals surface area contributed by atoms with E-state index in [0.717, 1.165) is 19.3 Å². The Bertz CT molecular complexity index is 1210. The Morgan fingerprint density at radius 3 is 2.74 bits per heavy atom. The van der Waals surface area contributed by atoms with Gasteiger partial charge in [0.05, 0.1) is 18.8 Å². The lowest BCUT2D eigenvalue weighted by Gasteiger charge is -2.29. The van der Waals surface area contributed by atoms with Gasteiger partial charge in [-0.2, -0.15) is 0 Å². The summed E-state index contributed by atoms with van der Waals surface area (Å²) in [6.45, 7) is 2.61. The summed E-state index contributed by atoms with van der Waals surface area (Å²) >= 11 is 0. The minimum Gasteiger partial charge on any atom is -0.491 e. The first-order valence-electron chi connectivity index (χ1n) is 13.8. The molecule has 0 saturated heterocycles.